The predicted molar refractivity (Wildman–Crippen MR) is 103 cm³/mol. The Balaban J connectivity index is 1.84. The molecule has 1 unspecified atom stereocenters. The van der Waals surface area contributed by atoms with Crippen LogP contribution in [-0.4, -0.2) is 18.1 Å². The van der Waals surface area contributed by atoms with Gasteiger partial charge in [-0.2, -0.15) is 0 Å². The van der Waals surface area contributed by atoms with Gasteiger partial charge in [-0.15, -0.1) is 0 Å². The number of nitrogens with one attached hydrogen (secondary N) is 1. The van der Waals surface area contributed by atoms with Gasteiger partial charge in [-0.3, -0.25) is 4.79 Å². The molecule has 3 nitrogen and oxygen atoms in total. The Kier molecular flexibility index (Phi) is 6.60. The monoisotopic (exact) mass is 415 g/mol. The maximum absolute atomic E-state index is 12.4. The Morgan fingerprint density at radius 3 is 2.46 bits per heavy atom. The summed E-state index contributed by atoms with van der Waals surface area (Å²) in [6.07, 6.45) is 3.90. The van der Waals surface area contributed by atoms with E-state index in [1.54, 1.807) is 25.1 Å². The first-order valence-corrected chi connectivity index (χ1v) is 9.76. The Labute approximate surface area is 158 Å². The van der Waals surface area contributed by atoms with Gasteiger partial charge in [0, 0.05) is 11.1 Å². The van der Waals surface area contributed by atoms with Crippen molar-refractivity contribution in [1.82, 2.24) is 5.32 Å². The van der Waals surface area contributed by atoms with Gasteiger partial charge >= 0.3 is 0 Å². The van der Waals surface area contributed by atoms with E-state index in [9.17, 15) is 4.79 Å². The quantitative estimate of drug-likeness (QED) is 0.694. The van der Waals surface area contributed by atoms with E-state index in [-0.39, 0.29) is 11.9 Å². The van der Waals surface area contributed by atoms with E-state index in [0.717, 1.165) is 23.2 Å². The average Bonchev–Trinajstić information content (AvgIpc) is 2.49. The van der Waals surface area contributed by atoms with E-state index in [0.29, 0.717) is 16.2 Å². The predicted octanol–water partition coefficient (Wildman–Crippen LogP) is 5.59. The van der Waals surface area contributed by atoms with Crippen molar-refractivity contribution < 1.29 is 9.53 Å². The summed E-state index contributed by atoms with van der Waals surface area (Å²) in [4.78, 5) is 12.4. The minimum absolute atomic E-state index is 0.0592. The molecule has 0 saturated heterocycles. The number of hydrogen-bond acceptors (Lipinski definition) is 2. The lowest BCUT2D eigenvalue weighted by Gasteiger charge is -2.37. The Hall–Kier alpha value is -0.740. The summed E-state index contributed by atoms with van der Waals surface area (Å²) < 4.78 is 6.51. The van der Waals surface area contributed by atoms with Crippen LogP contribution >= 0.6 is 27.5 Å². The average molecular weight is 417 g/mol. The molecule has 0 radical (unpaired) electrons. The van der Waals surface area contributed by atoms with Crippen LogP contribution in [0.1, 0.15) is 53.4 Å². The first-order valence-electron chi connectivity index (χ1n) is 8.59. The van der Waals surface area contributed by atoms with Crippen molar-refractivity contribution in [3.05, 3.63) is 27.7 Å². The Morgan fingerprint density at radius 2 is 1.92 bits per heavy atom. The van der Waals surface area contributed by atoms with E-state index >= 15 is 0 Å². The fraction of sp³-hybridized carbons (Fsp3) is 0.632. The lowest BCUT2D eigenvalue weighted by atomic mass is 9.71. The highest BCUT2D eigenvalue weighted by molar-refractivity contribution is 9.10. The summed E-state index contributed by atoms with van der Waals surface area (Å²) in [7, 11) is 0. The van der Waals surface area contributed by atoms with Gasteiger partial charge in [-0.05, 0) is 78.1 Å². The first kappa shape index (κ1) is 19.6. The molecule has 1 aromatic carbocycles. The molecule has 0 aliphatic heterocycles. The van der Waals surface area contributed by atoms with Crippen LogP contribution in [0.15, 0.2) is 22.7 Å². The summed E-state index contributed by atoms with van der Waals surface area (Å²) in [5.41, 5.74) is 0.353. The summed E-state index contributed by atoms with van der Waals surface area (Å²) >= 11 is 9.33. The van der Waals surface area contributed by atoms with Crippen LogP contribution in [-0.2, 0) is 4.79 Å². The maximum Gasteiger partial charge on any atom is 0.260 e. The van der Waals surface area contributed by atoms with Gasteiger partial charge < -0.3 is 10.1 Å². The standard InChI is InChI=1S/C19H27BrClNO2/c1-12(24-17-10-7-14(21)11-16(17)20)18(23)22-15-8-5-13(6-9-15)19(2,3)4/h7,10-13,15H,5-6,8-9H2,1-4H3,(H,22,23). The highest BCUT2D eigenvalue weighted by atomic mass is 79.9. The van der Waals surface area contributed by atoms with Crippen molar-refractivity contribution >= 4 is 33.4 Å². The number of carbonyl (C=O) groups excluding carboxylic acids is 1. The number of halogens is 2. The third kappa shape index (κ3) is 5.38. The molecule has 5 heteroatoms. The SMILES string of the molecule is CC(Oc1ccc(Cl)cc1Br)C(=O)NC1CCC(C(C)(C)C)CC1. The summed E-state index contributed by atoms with van der Waals surface area (Å²) in [6.45, 7) is 8.68. The summed E-state index contributed by atoms with van der Waals surface area (Å²) in [6, 6.07) is 5.54. The number of hydrogen-bond donors (Lipinski definition) is 1. The lowest BCUT2D eigenvalue weighted by molar-refractivity contribution is -0.128. The van der Waals surface area contributed by atoms with Crippen molar-refractivity contribution in [1.29, 1.82) is 0 Å². The Morgan fingerprint density at radius 1 is 1.29 bits per heavy atom. The number of carbonyl (C=O) groups is 1. The molecule has 0 heterocycles. The highest BCUT2D eigenvalue weighted by Gasteiger charge is 2.31. The van der Waals surface area contributed by atoms with E-state index in [4.69, 9.17) is 16.3 Å². The molecule has 1 amide bonds. The molecular weight excluding hydrogens is 390 g/mol. The van der Waals surface area contributed by atoms with E-state index in [1.165, 1.54) is 12.8 Å². The van der Waals surface area contributed by atoms with Gasteiger partial charge in [-0.25, -0.2) is 0 Å². The van der Waals surface area contributed by atoms with Crippen LogP contribution in [0.4, 0.5) is 0 Å². The third-order valence-electron chi connectivity index (χ3n) is 4.87. The number of rotatable bonds is 4. The highest BCUT2D eigenvalue weighted by Crippen LogP contribution is 2.37. The minimum atomic E-state index is -0.539. The Bertz CT molecular complexity index is 577. The van der Waals surface area contributed by atoms with Crippen molar-refractivity contribution in [2.24, 2.45) is 11.3 Å². The fourth-order valence-electron chi connectivity index (χ4n) is 3.24. The van der Waals surface area contributed by atoms with Crippen LogP contribution < -0.4 is 10.1 Å². The fourth-order valence-corrected chi connectivity index (χ4v) is 4.01. The van der Waals surface area contributed by atoms with Crippen molar-refractivity contribution in [2.75, 3.05) is 0 Å². The van der Waals surface area contributed by atoms with Crippen molar-refractivity contribution in [2.45, 2.75) is 65.5 Å². The maximum atomic E-state index is 12.4. The molecule has 0 spiro atoms. The second-order valence-electron chi connectivity index (χ2n) is 7.76. The molecule has 134 valence electrons. The smallest absolute Gasteiger partial charge is 0.260 e. The molecule has 0 bridgehead atoms. The van der Waals surface area contributed by atoms with Crippen LogP contribution in [0.2, 0.25) is 5.02 Å². The van der Waals surface area contributed by atoms with Gasteiger partial charge in [0.25, 0.3) is 5.91 Å². The molecule has 1 N–H and O–H groups in total. The lowest BCUT2D eigenvalue weighted by Crippen LogP contribution is -2.44. The zero-order valence-corrected chi connectivity index (χ0v) is 17.2. The van der Waals surface area contributed by atoms with Crippen LogP contribution in [0, 0.1) is 11.3 Å². The van der Waals surface area contributed by atoms with E-state index < -0.39 is 6.10 Å². The molecular formula is C19H27BrClNO2. The molecule has 1 aliphatic rings. The van der Waals surface area contributed by atoms with Crippen molar-refractivity contribution in [3.63, 3.8) is 0 Å². The molecule has 1 saturated carbocycles. The van der Waals surface area contributed by atoms with Gasteiger partial charge in [0.1, 0.15) is 5.75 Å². The number of amides is 1. The molecule has 1 fully saturated rings. The number of ether oxygens (including phenoxy) is 1. The normalized spacial score (nSPS) is 22.8. The first-order chi connectivity index (χ1) is 11.2. The summed E-state index contributed by atoms with van der Waals surface area (Å²) in [5.74, 6) is 1.30. The molecule has 24 heavy (non-hydrogen) atoms. The van der Waals surface area contributed by atoms with Gasteiger partial charge in [-0.1, -0.05) is 32.4 Å². The van der Waals surface area contributed by atoms with Crippen LogP contribution in [0.5, 0.6) is 5.75 Å². The minimum Gasteiger partial charge on any atom is -0.480 e. The number of benzene rings is 1. The van der Waals surface area contributed by atoms with Gasteiger partial charge in [0.05, 0.1) is 4.47 Å². The molecule has 2 rings (SSSR count). The van der Waals surface area contributed by atoms with E-state index in [1.807, 2.05) is 0 Å². The van der Waals surface area contributed by atoms with Gasteiger partial charge in [0.2, 0.25) is 0 Å². The molecule has 1 aliphatic carbocycles. The van der Waals surface area contributed by atoms with E-state index in [2.05, 4.69) is 42.0 Å². The van der Waals surface area contributed by atoms with Crippen LogP contribution in [0.25, 0.3) is 0 Å². The van der Waals surface area contributed by atoms with Gasteiger partial charge in [0.15, 0.2) is 6.10 Å². The van der Waals surface area contributed by atoms with Crippen LogP contribution in [0.3, 0.4) is 0 Å². The molecule has 1 aromatic rings. The zero-order valence-electron chi connectivity index (χ0n) is 14.9. The summed E-state index contributed by atoms with van der Waals surface area (Å²) in [5, 5.41) is 3.76. The molecule has 0 aromatic heterocycles. The largest absolute Gasteiger partial charge is 0.480 e. The second-order valence-corrected chi connectivity index (χ2v) is 9.05. The third-order valence-corrected chi connectivity index (χ3v) is 5.72. The van der Waals surface area contributed by atoms with Crippen molar-refractivity contribution in [3.8, 4) is 5.75 Å². The zero-order chi connectivity index (χ0) is 17.9. The topological polar surface area (TPSA) is 38.3 Å². The second kappa shape index (κ2) is 8.09. The molecule has 1 atom stereocenters.